The molecule has 3 aromatic rings. The first-order chi connectivity index (χ1) is 16.7. The number of carbonyl (C=O) groups is 1. The summed E-state index contributed by atoms with van der Waals surface area (Å²) in [6.07, 6.45) is 6.91. The van der Waals surface area contributed by atoms with E-state index in [2.05, 4.69) is 26.1 Å². The number of rotatable bonds is 8. The Balaban J connectivity index is 1.47. The van der Waals surface area contributed by atoms with Gasteiger partial charge in [-0.2, -0.15) is 5.10 Å². The van der Waals surface area contributed by atoms with Crippen LogP contribution in [-0.4, -0.2) is 73.5 Å². The van der Waals surface area contributed by atoms with E-state index in [9.17, 15) is 4.79 Å². The zero-order valence-corrected chi connectivity index (χ0v) is 19.3. The average Bonchev–Trinajstić information content (AvgIpc) is 3.56. The predicted octanol–water partition coefficient (Wildman–Crippen LogP) is 3.14. The Kier molecular flexibility index (Phi) is 6.82. The Morgan fingerprint density at radius 2 is 1.91 bits per heavy atom. The number of amides is 1. The number of aromatic nitrogens is 2. The molecule has 180 valence electrons. The van der Waals surface area contributed by atoms with Gasteiger partial charge < -0.3 is 24.5 Å². The summed E-state index contributed by atoms with van der Waals surface area (Å²) < 4.78 is 17.5. The predicted molar refractivity (Wildman–Crippen MR) is 129 cm³/mol. The van der Waals surface area contributed by atoms with Crippen molar-refractivity contribution in [2.75, 3.05) is 57.4 Å². The van der Waals surface area contributed by atoms with Crippen molar-refractivity contribution >= 4 is 11.6 Å². The lowest BCUT2D eigenvalue weighted by atomic mass is 10.00. The van der Waals surface area contributed by atoms with E-state index in [1.807, 2.05) is 18.2 Å². The summed E-state index contributed by atoms with van der Waals surface area (Å²) in [4.78, 5) is 17.0. The second-order valence-electron chi connectivity index (χ2n) is 8.73. The normalized spacial score (nSPS) is 17.1. The van der Waals surface area contributed by atoms with Crippen molar-refractivity contribution in [3.8, 4) is 28.2 Å². The molecule has 0 saturated carbocycles. The van der Waals surface area contributed by atoms with Crippen LogP contribution < -0.4 is 15.4 Å². The minimum Gasteiger partial charge on any atom is -0.492 e. The molecule has 34 heavy (non-hydrogen) atoms. The number of hydrogen-bond acceptors (Lipinski definition) is 7. The Morgan fingerprint density at radius 1 is 1.09 bits per heavy atom. The Bertz CT molecular complexity index is 1100. The summed E-state index contributed by atoms with van der Waals surface area (Å²) in [6.45, 7) is 6.76. The fraction of sp³-hybridized carbons (Fsp3) is 0.440. The summed E-state index contributed by atoms with van der Waals surface area (Å²) in [7, 11) is 0. The van der Waals surface area contributed by atoms with E-state index in [1.165, 1.54) is 6.42 Å². The van der Waals surface area contributed by atoms with Crippen LogP contribution in [0.1, 0.15) is 29.8 Å². The first-order valence-corrected chi connectivity index (χ1v) is 11.9. The summed E-state index contributed by atoms with van der Waals surface area (Å²) in [6, 6.07) is 7.96. The van der Waals surface area contributed by atoms with Gasteiger partial charge in [0.1, 0.15) is 18.1 Å². The first-order valence-electron chi connectivity index (χ1n) is 11.9. The number of nitrogens with one attached hydrogen (secondary N) is 1. The Hall–Kier alpha value is -3.30. The topological polar surface area (TPSA) is 110 Å². The maximum Gasteiger partial charge on any atom is 0.285 e. The molecule has 0 spiro atoms. The average molecular weight is 466 g/mol. The van der Waals surface area contributed by atoms with Crippen LogP contribution >= 0.6 is 0 Å². The molecule has 0 aliphatic carbocycles. The molecule has 3 N–H and O–H groups in total. The number of carbonyl (C=O) groups excluding carboxylic acids is 1. The third kappa shape index (κ3) is 4.95. The molecule has 9 heteroatoms. The van der Waals surface area contributed by atoms with Crippen LogP contribution in [0.2, 0.25) is 0 Å². The van der Waals surface area contributed by atoms with Gasteiger partial charge in [0.25, 0.3) is 5.91 Å². The number of nitrogens with zero attached hydrogens (tertiary/aromatic N) is 3. The molecule has 1 aromatic carbocycles. The smallest absolute Gasteiger partial charge is 0.285 e. The number of hydrogen-bond donors (Lipinski definition) is 2. The van der Waals surface area contributed by atoms with Crippen molar-refractivity contribution < 1.29 is 18.7 Å². The molecule has 2 aliphatic rings. The minimum absolute atomic E-state index is 0.139. The molecule has 2 saturated heterocycles. The zero-order chi connectivity index (χ0) is 23.3. The minimum atomic E-state index is -0.604. The monoisotopic (exact) mass is 465 g/mol. The number of furan rings is 1. The van der Waals surface area contributed by atoms with Gasteiger partial charge in [0.15, 0.2) is 5.76 Å². The van der Waals surface area contributed by atoms with Crippen molar-refractivity contribution in [3.05, 3.63) is 42.4 Å². The van der Waals surface area contributed by atoms with Crippen molar-refractivity contribution in [1.82, 2.24) is 15.1 Å². The van der Waals surface area contributed by atoms with Gasteiger partial charge in [-0.05, 0) is 43.5 Å². The summed E-state index contributed by atoms with van der Waals surface area (Å²) in [5.74, 6) is 0.833. The van der Waals surface area contributed by atoms with Crippen LogP contribution in [0.5, 0.6) is 5.75 Å². The third-order valence-corrected chi connectivity index (χ3v) is 6.47. The van der Waals surface area contributed by atoms with E-state index in [0.717, 1.165) is 81.3 Å². The zero-order valence-electron chi connectivity index (χ0n) is 19.3. The molecule has 2 aromatic heterocycles. The van der Waals surface area contributed by atoms with E-state index in [4.69, 9.17) is 19.6 Å². The molecule has 4 heterocycles. The highest BCUT2D eigenvalue weighted by molar-refractivity contribution is 6.00. The number of primary amides is 1. The molecule has 0 unspecified atom stereocenters. The number of nitrogens with two attached hydrogens (primary N) is 1. The van der Waals surface area contributed by atoms with Crippen LogP contribution in [0.3, 0.4) is 0 Å². The lowest BCUT2D eigenvalue weighted by molar-refractivity contribution is 0.0322. The lowest BCUT2D eigenvalue weighted by Crippen LogP contribution is -2.38. The number of piperidine rings is 1. The van der Waals surface area contributed by atoms with E-state index >= 15 is 0 Å². The lowest BCUT2D eigenvalue weighted by Gasteiger charge is -2.31. The van der Waals surface area contributed by atoms with E-state index in [0.29, 0.717) is 17.9 Å². The van der Waals surface area contributed by atoms with Crippen LogP contribution in [0.25, 0.3) is 22.5 Å². The van der Waals surface area contributed by atoms with Gasteiger partial charge in [-0.25, -0.2) is 0 Å². The largest absolute Gasteiger partial charge is 0.492 e. The Labute approximate surface area is 198 Å². The number of ether oxygens (including phenoxy) is 2. The quantitative estimate of drug-likeness (QED) is 0.526. The van der Waals surface area contributed by atoms with Crippen molar-refractivity contribution in [2.24, 2.45) is 5.73 Å². The Morgan fingerprint density at radius 3 is 2.65 bits per heavy atom. The number of aromatic amines is 1. The van der Waals surface area contributed by atoms with Gasteiger partial charge in [-0.1, -0.05) is 0 Å². The van der Waals surface area contributed by atoms with Crippen LogP contribution in [0.4, 0.5) is 5.69 Å². The molecule has 2 aliphatic heterocycles. The standard InChI is InChI=1S/C25H31N5O4/c26-25(31)24-21(15-23(34-24)18-16-27-28-17-18)20-14-19(33-13-10-29-8-11-32-12-9-29)4-5-22(20)30-6-2-1-3-7-30/h4-5,14-17H,1-3,6-13H2,(H2,26,31)(H,27,28). The van der Waals surface area contributed by atoms with Gasteiger partial charge in [0.05, 0.1) is 25.0 Å². The van der Waals surface area contributed by atoms with E-state index in [-0.39, 0.29) is 5.76 Å². The van der Waals surface area contributed by atoms with Crippen molar-refractivity contribution in [1.29, 1.82) is 0 Å². The molecule has 0 atom stereocenters. The summed E-state index contributed by atoms with van der Waals surface area (Å²) in [5.41, 5.74) is 9.10. The molecule has 2 fully saturated rings. The molecule has 1 amide bonds. The second kappa shape index (κ2) is 10.3. The number of benzene rings is 1. The van der Waals surface area contributed by atoms with Gasteiger partial charge >= 0.3 is 0 Å². The maximum absolute atomic E-state index is 12.3. The SMILES string of the molecule is NC(=O)c1oc(-c2cn[nH]c2)cc1-c1cc(OCCN2CCOCC2)ccc1N1CCCCC1. The van der Waals surface area contributed by atoms with Gasteiger partial charge in [0, 0.05) is 55.7 Å². The highest BCUT2D eigenvalue weighted by Crippen LogP contribution is 2.40. The number of anilines is 1. The maximum atomic E-state index is 12.3. The van der Waals surface area contributed by atoms with Crippen LogP contribution in [0.15, 0.2) is 41.1 Å². The molecular formula is C25H31N5O4. The summed E-state index contributed by atoms with van der Waals surface area (Å²) in [5, 5.41) is 6.77. The molecule has 5 rings (SSSR count). The molecular weight excluding hydrogens is 434 g/mol. The van der Waals surface area contributed by atoms with Crippen LogP contribution in [0, 0.1) is 0 Å². The van der Waals surface area contributed by atoms with E-state index < -0.39 is 5.91 Å². The number of H-pyrrole nitrogens is 1. The molecule has 9 nitrogen and oxygen atoms in total. The van der Waals surface area contributed by atoms with E-state index in [1.54, 1.807) is 12.4 Å². The molecule has 0 bridgehead atoms. The van der Waals surface area contributed by atoms with Crippen molar-refractivity contribution in [3.63, 3.8) is 0 Å². The highest BCUT2D eigenvalue weighted by Gasteiger charge is 2.24. The summed E-state index contributed by atoms with van der Waals surface area (Å²) >= 11 is 0. The highest BCUT2D eigenvalue weighted by atomic mass is 16.5. The fourth-order valence-electron chi connectivity index (χ4n) is 4.65. The number of morpholine rings is 1. The van der Waals surface area contributed by atoms with Gasteiger partial charge in [-0.15, -0.1) is 0 Å². The third-order valence-electron chi connectivity index (χ3n) is 6.47. The first kappa shape index (κ1) is 22.5. The van der Waals surface area contributed by atoms with Gasteiger partial charge in [0.2, 0.25) is 0 Å². The van der Waals surface area contributed by atoms with Gasteiger partial charge in [-0.3, -0.25) is 14.8 Å². The molecule has 0 radical (unpaired) electrons. The fourth-order valence-corrected chi connectivity index (χ4v) is 4.65. The van der Waals surface area contributed by atoms with Crippen molar-refractivity contribution in [2.45, 2.75) is 19.3 Å². The van der Waals surface area contributed by atoms with Crippen LogP contribution in [-0.2, 0) is 4.74 Å². The second-order valence-corrected chi connectivity index (χ2v) is 8.73.